The highest BCUT2D eigenvalue weighted by atomic mass is 16.5. The molecule has 0 unspecified atom stereocenters. The molecule has 2 heterocycles. The molecule has 29 heavy (non-hydrogen) atoms. The molecule has 2 aromatic heterocycles. The molecule has 4 rings (SSSR count). The minimum Gasteiger partial charge on any atom is -0.487 e. The van der Waals surface area contributed by atoms with Crippen LogP contribution in [0.15, 0.2) is 54.9 Å². The van der Waals surface area contributed by atoms with Crippen LogP contribution in [0.2, 0.25) is 0 Å². The Hall–Kier alpha value is -3.68. The molecule has 8 heteroatoms. The van der Waals surface area contributed by atoms with Gasteiger partial charge in [0.05, 0.1) is 23.5 Å². The van der Waals surface area contributed by atoms with Crippen molar-refractivity contribution in [1.82, 2.24) is 20.5 Å². The van der Waals surface area contributed by atoms with Crippen molar-refractivity contribution in [2.24, 2.45) is 5.92 Å². The van der Waals surface area contributed by atoms with Crippen LogP contribution in [-0.4, -0.2) is 38.2 Å². The third-order valence-corrected chi connectivity index (χ3v) is 4.93. The van der Waals surface area contributed by atoms with Gasteiger partial charge in [-0.15, -0.1) is 0 Å². The van der Waals surface area contributed by atoms with Gasteiger partial charge < -0.3 is 15.2 Å². The second-order valence-corrected chi connectivity index (χ2v) is 7.02. The number of carboxylic acid groups (broad SMARTS) is 1. The quantitative estimate of drug-likeness (QED) is 0.569. The number of aliphatic carboxylic acids is 1. The zero-order chi connectivity index (χ0) is 20.2. The number of ether oxygens (including phenoxy) is 1. The molecule has 1 fully saturated rings. The molecule has 1 aliphatic carbocycles. The van der Waals surface area contributed by atoms with Gasteiger partial charge in [-0.1, -0.05) is 12.1 Å². The number of benzene rings is 1. The summed E-state index contributed by atoms with van der Waals surface area (Å²) in [4.78, 5) is 27.6. The van der Waals surface area contributed by atoms with Crippen LogP contribution in [0.1, 0.15) is 28.8 Å². The van der Waals surface area contributed by atoms with Crippen LogP contribution in [-0.2, 0) is 11.4 Å². The van der Waals surface area contributed by atoms with Crippen molar-refractivity contribution in [3.05, 3.63) is 66.0 Å². The highest BCUT2D eigenvalue weighted by Crippen LogP contribution is 2.27. The van der Waals surface area contributed by atoms with Gasteiger partial charge in [-0.3, -0.25) is 19.7 Å². The normalized spacial score (nSPS) is 17.9. The van der Waals surface area contributed by atoms with Gasteiger partial charge in [0.2, 0.25) is 0 Å². The van der Waals surface area contributed by atoms with Crippen LogP contribution in [0.4, 0.5) is 0 Å². The summed E-state index contributed by atoms with van der Waals surface area (Å²) in [5.41, 5.74) is 2.98. The second kappa shape index (κ2) is 8.14. The highest BCUT2D eigenvalue weighted by Gasteiger charge is 2.35. The van der Waals surface area contributed by atoms with E-state index in [9.17, 15) is 9.59 Å². The summed E-state index contributed by atoms with van der Waals surface area (Å²) in [6, 6.07) is 12.6. The molecule has 148 valence electrons. The predicted octanol–water partition coefficient (Wildman–Crippen LogP) is 2.64. The number of aromatic amines is 1. The number of nitrogens with one attached hydrogen (secondary N) is 2. The molecule has 3 aromatic rings. The zero-order valence-corrected chi connectivity index (χ0v) is 15.5. The van der Waals surface area contributed by atoms with Crippen molar-refractivity contribution in [3.8, 4) is 17.1 Å². The van der Waals surface area contributed by atoms with E-state index in [0.29, 0.717) is 30.8 Å². The van der Waals surface area contributed by atoms with Gasteiger partial charge in [0, 0.05) is 17.8 Å². The Morgan fingerprint density at radius 1 is 1.21 bits per heavy atom. The zero-order valence-electron chi connectivity index (χ0n) is 15.5. The lowest BCUT2D eigenvalue weighted by atomic mass is 9.80. The van der Waals surface area contributed by atoms with E-state index < -0.39 is 5.97 Å². The number of amides is 1. The fourth-order valence-corrected chi connectivity index (χ4v) is 3.20. The molecule has 1 saturated carbocycles. The van der Waals surface area contributed by atoms with Gasteiger partial charge in [0.15, 0.2) is 0 Å². The van der Waals surface area contributed by atoms with Crippen molar-refractivity contribution in [1.29, 1.82) is 0 Å². The summed E-state index contributed by atoms with van der Waals surface area (Å²) in [5.74, 6) is -0.737. The Morgan fingerprint density at radius 3 is 2.76 bits per heavy atom. The molecule has 0 atom stereocenters. The summed E-state index contributed by atoms with van der Waals surface area (Å²) in [5, 5.41) is 18.6. The second-order valence-electron chi connectivity index (χ2n) is 7.02. The van der Waals surface area contributed by atoms with Crippen LogP contribution >= 0.6 is 0 Å². The number of hydrogen-bond donors (Lipinski definition) is 3. The first-order valence-corrected chi connectivity index (χ1v) is 9.29. The molecule has 1 aromatic carbocycles. The average Bonchev–Trinajstić information content (AvgIpc) is 3.24. The molecule has 1 aliphatic rings. The Morgan fingerprint density at radius 2 is 2.07 bits per heavy atom. The summed E-state index contributed by atoms with van der Waals surface area (Å²) < 4.78 is 5.77. The number of hydrogen-bond acceptors (Lipinski definition) is 5. The van der Waals surface area contributed by atoms with E-state index in [1.54, 1.807) is 30.6 Å². The number of nitrogens with zero attached hydrogens (tertiary/aromatic N) is 2. The van der Waals surface area contributed by atoms with E-state index in [1.807, 2.05) is 24.3 Å². The van der Waals surface area contributed by atoms with Crippen molar-refractivity contribution < 1.29 is 19.4 Å². The lowest BCUT2D eigenvalue weighted by Crippen LogP contribution is -2.46. The number of pyridine rings is 1. The van der Waals surface area contributed by atoms with E-state index in [-0.39, 0.29) is 17.9 Å². The minimum atomic E-state index is -0.804. The maximum atomic E-state index is 12.4. The summed E-state index contributed by atoms with van der Waals surface area (Å²) >= 11 is 0. The SMILES string of the molecule is O=C(NC1CC(C(=O)O)C1)c1cccc(COc2ccc(-c3ccn[nH]3)nc2)c1. The van der Waals surface area contributed by atoms with Gasteiger partial charge in [0.1, 0.15) is 12.4 Å². The van der Waals surface area contributed by atoms with Crippen LogP contribution in [0, 0.1) is 5.92 Å². The molecule has 8 nitrogen and oxygen atoms in total. The Kier molecular flexibility index (Phi) is 5.24. The molecule has 0 radical (unpaired) electrons. The van der Waals surface area contributed by atoms with Crippen molar-refractivity contribution in [2.45, 2.75) is 25.5 Å². The summed E-state index contributed by atoms with van der Waals surface area (Å²) in [6.45, 7) is 0.302. The maximum Gasteiger partial charge on any atom is 0.306 e. The summed E-state index contributed by atoms with van der Waals surface area (Å²) in [6.07, 6.45) is 4.26. The van der Waals surface area contributed by atoms with Gasteiger partial charge in [-0.25, -0.2) is 0 Å². The van der Waals surface area contributed by atoms with E-state index in [0.717, 1.165) is 17.0 Å². The number of rotatable bonds is 7. The first-order valence-electron chi connectivity index (χ1n) is 9.29. The number of aromatic nitrogens is 3. The predicted molar refractivity (Wildman–Crippen MR) is 104 cm³/mol. The monoisotopic (exact) mass is 392 g/mol. The molecule has 3 N–H and O–H groups in total. The Balaban J connectivity index is 1.32. The van der Waals surface area contributed by atoms with Crippen molar-refractivity contribution >= 4 is 11.9 Å². The molecular formula is C21H20N4O4. The van der Waals surface area contributed by atoms with Crippen molar-refractivity contribution in [2.75, 3.05) is 0 Å². The standard InChI is InChI=1S/C21H20N4O4/c26-20(24-16-9-15(10-16)21(27)28)14-3-1-2-13(8-14)12-29-17-4-5-18(22-11-17)19-6-7-23-25-19/h1-8,11,15-16H,9-10,12H2,(H,23,25)(H,24,26)(H,27,28). The Bertz CT molecular complexity index is 996. The van der Waals surface area contributed by atoms with Crippen LogP contribution in [0.5, 0.6) is 5.75 Å². The molecule has 0 saturated heterocycles. The largest absolute Gasteiger partial charge is 0.487 e. The van der Waals surface area contributed by atoms with Crippen molar-refractivity contribution in [3.63, 3.8) is 0 Å². The number of H-pyrrole nitrogens is 1. The minimum absolute atomic E-state index is 0.0806. The highest BCUT2D eigenvalue weighted by molar-refractivity contribution is 5.94. The topological polar surface area (TPSA) is 117 Å². The third kappa shape index (κ3) is 4.43. The maximum absolute atomic E-state index is 12.4. The Labute approximate surface area is 166 Å². The molecule has 0 spiro atoms. The smallest absolute Gasteiger partial charge is 0.306 e. The lowest BCUT2D eigenvalue weighted by Gasteiger charge is -2.32. The number of carboxylic acids is 1. The van der Waals surface area contributed by atoms with Crippen LogP contribution in [0.25, 0.3) is 11.4 Å². The van der Waals surface area contributed by atoms with Crippen LogP contribution < -0.4 is 10.1 Å². The molecule has 0 bridgehead atoms. The van der Waals surface area contributed by atoms with E-state index >= 15 is 0 Å². The van der Waals surface area contributed by atoms with E-state index in [1.165, 1.54) is 0 Å². The van der Waals surface area contributed by atoms with Gasteiger partial charge in [0.25, 0.3) is 5.91 Å². The lowest BCUT2D eigenvalue weighted by molar-refractivity contribution is -0.145. The third-order valence-electron chi connectivity index (χ3n) is 4.93. The average molecular weight is 392 g/mol. The van der Waals surface area contributed by atoms with E-state index in [2.05, 4.69) is 20.5 Å². The fourth-order valence-electron chi connectivity index (χ4n) is 3.20. The van der Waals surface area contributed by atoms with Gasteiger partial charge in [-0.2, -0.15) is 5.10 Å². The molecule has 1 amide bonds. The van der Waals surface area contributed by atoms with E-state index in [4.69, 9.17) is 9.84 Å². The number of carbonyl (C=O) groups is 2. The fraction of sp³-hybridized carbons (Fsp3) is 0.238. The molecular weight excluding hydrogens is 372 g/mol. The van der Waals surface area contributed by atoms with Gasteiger partial charge >= 0.3 is 5.97 Å². The first kappa shape index (κ1) is 18.7. The first-order chi connectivity index (χ1) is 14.1. The van der Waals surface area contributed by atoms with Gasteiger partial charge in [-0.05, 0) is 48.7 Å². The molecule has 0 aliphatic heterocycles. The number of carbonyl (C=O) groups excluding carboxylic acids is 1. The summed E-state index contributed by atoms with van der Waals surface area (Å²) in [7, 11) is 0. The van der Waals surface area contributed by atoms with Crippen LogP contribution in [0.3, 0.4) is 0 Å².